The summed E-state index contributed by atoms with van der Waals surface area (Å²) in [5, 5.41) is 0.545. The third-order valence-electron chi connectivity index (χ3n) is 3.56. The van der Waals surface area contributed by atoms with E-state index in [0.717, 1.165) is 17.5 Å². The van der Waals surface area contributed by atoms with Crippen LogP contribution in [0.2, 0.25) is 5.02 Å². The minimum atomic E-state index is -0.146. The van der Waals surface area contributed by atoms with Gasteiger partial charge in [0.25, 0.3) is 0 Å². The van der Waals surface area contributed by atoms with Crippen molar-refractivity contribution in [1.29, 1.82) is 0 Å². The normalized spacial score (nSPS) is 12.9. The van der Waals surface area contributed by atoms with E-state index in [0.29, 0.717) is 34.2 Å². The highest BCUT2D eigenvalue weighted by molar-refractivity contribution is 6.31. The highest BCUT2D eigenvalue weighted by atomic mass is 35.5. The molecule has 3 rings (SSSR count). The van der Waals surface area contributed by atoms with E-state index in [1.165, 1.54) is 0 Å². The molecule has 0 spiro atoms. The van der Waals surface area contributed by atoms with E-state index in [2.05, 4.69) is 0 Å². The Labute approximate surface area is 122 Å². The molecule has 0 aromatic heterocycles. The van der Waals surface area contributed by atoms with Crippen LogP contribution < -0.4 is 10.5 Å². The number of fused-ring (bicyclic) bond motifs is 1. The van der Waals surface area contributed by atoms with Crippen molar-refractivity contribution in [2.45, 2.75) is 13.3 Å². The minimum Gasteiger partial charge on any atom is -0.492 e. The maximum absolute atomic E-state index is 12.7. The first kappa shape index (κ1) is 13.0. The largest absolute Gasteiger partial charge is 0.492 e. The molecule has 1 aliphatic heterocycles. The molecular formula is C16H14ClNO2. The topological polar surface area (TPSA) is 52.3 Å². The van der Waals surface area contributed by atoms with Crippen LogP contribution in [0.3, 0.4) is 0 Å². The van der Waals surface area contributed by atoms with Gasteiger partial charge in [-0.2, -0.15) is 0 Å². The Bertz CT molecular complexity index is 710. The van der Waals surface area contributed by atoms with Crippen molar-refractivity contribution in [1.82, 2.24) is 0 Å². The maximum atomic E-state index is 12.7. The van der Waals surface area contributed by atoms with Crippen molar-refractivity contribution in [3.63, 3.8) is 0 Å². The van der Waals surface area contributed by atoms with Gasteiger partial charge in [-0.3, -0.25) is 4.79 Å². The maximum Gasteiger partial charge on any atom is 0.198 e. The number of carbonyl (C=O) groups excluding carboxylic acids is 1. The highest BCUT2D eigenvalue weighted by Crippen LogP contribution is 2.35. The second-order valence-corrected chi connectivity index (χ2v) is 5.34. The van der Waals surface area contributed by atoms with E-state index in [1.54, 1.807) is 12.1 Å². The van der Waals surface area contributed by atoms with Gasteiger partial charge in [-0.1, -0.05) is 23.7 Å². The number of benzene rings is 2. The molecule has 1 heterocycles. The van der Waals surface area contributed by atoms with Crippen LogP contribution in [0.4, 0.5) is 5.69 Å². The number of carbonyl (C=O) groups is 1. The quantitative estimate of drug-likeness (QED) is 0.680. The van der Waals surface area contributed by atoms with Crippen LogP contribution in [-0.4, -0.2) is 12.4 Å². The van der Waals surface area contributed by atoms with Gasteiger partial charge in [0.2, 0.25) is 0 Å². The van der Waals surface area contributed by atoms with E-state index >= 15 is 0 Å². The summed E-state index contributed by atoms with van der Waals surface area (Å²) < 4.78 is 5.58. The molecule has 0 amide bonds. The number of hydrogen-bond donors (Lipinski definition) is 1. The molecule has 0 fully saturated rings. The molecule has 2 N–H and O–H groups in total. The number of hydrogen-bond acceptors (Lipinski definition) is 3. The molecule has 3 nitrogen and oxygen atoms in total. The Morgan fingerprint density at radius 1 is 1.30 bits per heavy atom. The predicted molar refractivity (Wildman–Crippen MR) is 79.7 cm³/mol. The first-order valence-electron chi connectivity index (χ1n) is 6.43. The van der Waals surface area contributed by atoms with Crippen LogP contribution >= 0.6 is 11.6 Å². The summed E-state index contributed by atoms with van der Waals surface area (Å²) in [5.41, 5.74) is 9.36. The molecule has 20 heavy (non-hydrogen) atoms. The molecule has 102 valence electrons. The van der Waals surface area contributed by atoms with Crippen molar-refractivity contribution >= 4 is 23.1 Å². The Balaban J connectivity index is 2.14. The first-order valence-corrected chi connectivity index (χ1v) is 6.80. The molecule has 0 radical (unpaired) electrons. The predicted octanol–water partition coefficient (Wildman–Crippen LogP) is 3.40. The van der Waals surface area contributed by atoms with Gasteiger partial charge in [-0.25, -0.2) is 0 Å². The van der Waals surface area contributed by atoms with Crippen LogP contribution in [0, 0.1) is 6.92 Å². The van der Waals surface area contributed by atoms with Crippen LogP contribution in [0.5, 0.6) is 5.75 Å². The first-order chi connectivity index (χ1) is 9.58. The Hall–Kier alpha value is -2.00. The van der Waals surface area contributed by atoms with Gasteiger partial charge in [0, 0.05) is 22.7 Å². The fraction of sp³-hybridized carbons (Fsp3) is 0.188. The zero-order valence-corrected chi connectivity index (χ0v) is 11.8. The highest BCUT2D eigenvalue weighted by Gasteiger charge is 2.24. The number of rotatable bonds is 2. The molecule has 0 saturated heterocycles. The number of ether oxygens (including phenoxy) is 1. The second kappa shape index (κ2) is 4.84. The van der Waals surface area contributed by atoms with E-state index in [-0.39, 0.29) is 5.78 Å². The number of halogens is 1. The van der Waals surface area contributed by atoms with Gasteiger partial charge >= 0.3 is 0 Å². The van der Waals surface area contributed by atoms with Gasteiger partial charge in [0.15, 0.2) is 5.78 Å². The second-order valence-electron chi connectivity index (χ2n) is 4.91. The lowest BCUT2D eigenvalue weighted by molar-refractivity contribution is 0.103. The summed E-state index contributed by atoms with van der Waals surface area (Å²) in [6.45, 7) is 2.46. The Kier molecular flexibility index (Phi) is 3.14. The number of para-hydroxylation sites is 1. The lowest BCUT2D eigenvalue weighted by atomic mass is 9.97. The van der Waals surface area contributed by atoms with Gasteiger partial charge < -0.3 is 10.5 Å². The van der Waals surface area contributed by atoms with Crippen LogP contribution in [0.25, 0.3) is 0 Å². The van der Waals surface area contributed by atoms with E-state index in [1.807, 2.05) is 25.1 Å². The van der Waals surface area contributed by atoms with Gasteiger partial charge in [0.05, 0.1) is 12.2 Å². The van der Waals surface area contributed by atoms with Gasteiger partial charge in [-0.05, 0) is 36.2 Å². The van der Waals surface area contributed by atoms with E-state index in [9.17, 15) is 4.79 Å². The molecule has 0 aliphatic carbocycles. The molecule has 1 aliphatic rings. The molecule has 4 heteroatoms. The Morgan fingerprint density at radius 3 is 2.90 bits per heavy atom. The molecule has 0 bridgehead atoms. The number of nitrogen functional groups attached to an aromatic ring is 1. The molecule has 2 aromatic rings. The summed E-state index contributed by atoms with van der Waals surface area (Å²) in [7, 11) is 0. The third kappa shape index (κ3) is 2.04. The van der Waals surface area contributed by atoms with Crippen molar-refractivity contribution in [2.75, 3.05) is 12.3 Å². The van der Waals surface area contributed by atoms with Gasteiger partial charge in [0.1, 0.15) is 5.75 Å². The molecule has 0 unspecified atom stereocenters. The number of nitrogens with two attached hydrogens (primary N) is 1. The van der Waals surface area contributed by atoms with E-state index < -0.39 is 0 Å². The summed E-state index contributed by atoms with van der Waals surface area (Å²) in [6.07, 6.45) is 0.777. The fourth-order valence-electron chi connectivity index (χ4n) is 2.46. The summed E-state index contributed by atoms with van der Waals surface area (Å²) >= 11 is 6.09. The number of aryl methyl sites for hydroxylation is 1. The van der Waals surface area contributed by atoms with Crippen molar-refractivity contribution < 1.29 is 9.53 Å². The summed E-state index contributed by atoms with van der Waals surface area (Å²) in [6, 6.07) is 8.93. The van der Waals surface area contributed by atoms with E-state index in [4.69, 9.17) is 22.1 Å². The zero-order chi connectivity index (χ0) is 14.3. The average molecular weight is 288 g/mol. The van der Waals surface area contributed by atoms with Crippen molar-refractivity contribution in [3.05, 3.63) is 57.6 Å². The molecule has 0 atom stereocenters. The SMILES string of the molecule is Cc1cccc(C(=O)c2cc(Cl)cc3c2OCC3)c1N. The monoisotopic (exact) mass is 287 g/mol. The van der Waals surface area contributed by atoms with Crippen molar-refractivity contribution in [3.8, 4) is 5.75 Å². The fourth-order valence-corrected chi connectivity index (χ4v) is 2.70. The van der Waals surface area contributed by atoms with Crippen molar-refractivity contribution in [2.24, 2.45) is 0 Å². The number of ketones is 1. The van der Waals surface area contributed by atoms with Crippen LogP contribution in [0.15, 0.2) is 30.3 Å². The Morgan fingerprint density at radius 2 is 2.10 bits per heavy atom. The molecule has 2 aromatic carbocycles. The zero-order valence-electron chi connectivity index (χ0n) is 11.1. The minimum absolute atomic E-state index is 0.146. The van der Waals surface area contributed by atoms with Crippen LogP contribution in [-0.2, 0) is 6.42 Å². The molecular weight excluding hydrogens is 274 g/mol. The standard InChI is InChI=1S/C16H14ClNO2/c1-9-3-2-4-12(14(9)18)15(19)13-8-11(17)7-10-5-6-20-16(10)13/h2-4,7-8H,5-6,18H2,1H3. The smallest absolute Gasteiger partial charge is 0.198 e. The number of anilines is 1. The summed E-state index contributed by atoms with van der Waals surface area (Å²) in [4.78, 5) is 12.7. The molecule has 0 saturated carbocycles. The average Bonchev–Trinajstić information content (AvgIpc) is 2.88. The van der Waals surface area contributed by atoms with Crippen LogP contribution in [0.1, 0.15) is 27.0 Å². The van der Waals surface area contributed by atoms with Gasteiger partial charge in [-0.15, -0.1) is 0 Å². The summed E-state index contributed by atoms with van der Waals surface area (Å²) in [5.74, 6) is 0.493. The third-order valence-corrected chi connectivity index (χ3v) is 3.78. The lowest BCUT2D eigenvalue weighted by Crippen LogP contribution is -2.08. The lowest BCUT2D eigenvalue weighted by Gasteiger charge is -2.11.